The molecule has 7 nitrogen and oxygen atoms in total. The number of imide groups is 1. The van der Waals surface area contributed by atoms with Crippen molar-refractivity contribution in [2.24, 2.45) is 0 Å². The largest absolute Gasteiger partial charge is 0.457 e. The molecule has 0 aromatic heterocycles. The summed E-state index contributed by atoms with van der Waals surface area (Å²) in [5.41, 5.74) is 0.232. The van der Waals surface area contributed by atoms with Crippen LogP contribution in [-0.2, 0) is 9.53 Å². The molecule has 0 aliphatic carbocycles. The Morgan fingerprint density at radius 2 is 1.69 bits per heavy atom. The normalized spacial score (nSPS) is 11.2. The van der Waals surface area contributed by atoms with Crippen LogP contribution in [0.15, 0.2) is 54.6 Å². The van der Waals surface area contributed by atoms with Gasteiger partial charge in [0.05, 0.1) is 5.56 Å². The van der Waals surface area contributed by atoms with Crippen molar-refractivity contribution in [2.75, 3.05) is 6.54 Å². The lowest BCUT2D eigenvalue weighted by Gasteiger charge is -2.13. The monoisotopic (exact) mass is 356 g/mol. The number of urea groups is 1. The third kappa shape index (κ3) is 5.62. The number of carbonyl (C=O) groups is 3. The fraction of sp³-hybridized carbons (Fsp3) is 0.211. The molecular formula is C19H20N2O5. The Kier molecular flexibility index (Phi) is 6.73. The molecule has 136 valence electrons. The quantitative estimate of drug-likeness (QED) is 0.776. The van der Waals surface area contributed by atoms with Crippen molar-refractivity contribution in [3.8, 4) is 11.5 Å². The molecule has 1 atom stereocenters. The first-order valence-electron chi connectivity index (χ1n) is 8.12. The van der Waals surface area contributed by atoms with Crippen LogP contribution in [0.3, 0.4) is 0 Å². The molecule has 2 aromatic rings. The van der Waals surface area contributed by atoms with Gasteiger partial charge in [0, 0.05) is 6.54 Å². The van der Waals surface area contributed by atoms with Gasteiger partial charge in [-0.05, 0) is 44.2 Å². The van der Waals surface area contributed by atoms with Gasteiger partial charge in [-0.15, -0.1) is 0 Å². The van der Waals surface area contributed by atoms with Crippen molar-refractivity contribution in [2.45, 2.75) is 20.0 Å². The molecule has 3 amide bonds. The van der Waals surface area contributed by atoms with Crippen molar-refractivity contribution in [1.29, 1.82) is 0 Å². The van der Waals surface area contributed by atoms with Crippen LogP contribution in [0.1, 0.15) is 24.2 Å². The second kappa shape index (κ2) is 9.22. The highest BCUT2D eigenvalue weighted by Crippen LogP contribution is 2.22. The summed E-state index contributed by atoms with van der Waals surface area (Å²) < 4.78 is 10.8. The highest BCUT2D eigenvalue weighted by atomic mass is 16.5. The first-order valence-corrected chi connectivity index (χ1v) is 8.12. The molecule has 2 rings (SSSR count). The summed E-state index contributed by atoms with van der Waals surface area (Å²) >= 11 is 0. The number of amides is 3. The molecule has 0 radical (unpaired) electrons. The topological polar surface area (TPSA) is 93.7 Å². The maximum Gasteiger partial charge on any atom is 0.339 e. The van der Waals surface area contributed by atoms with Crippen LogP contribution in [0.25, 0.3) is 0 Å². The summed E-state index contributed by atoms with van der Waals surface area (Å²) in [6.07, 6.45) is -1.12. The molecule has 0 fully saturated rings. The van der Waals surface area contributed by atoms with Crippen LogP contribution in [0, 0.1) is 0 Å². The Morgan fingerprint density at radius 3 is 2.38 bits per heavy atom. The number of para-hydroxylation sites is 1. The number of hydrogen-bond donors (Lipinski definition) is 2. The molecule has 2 N–H and O–H groups in total. The summed E-state index contributed by atoms with van der Waals surface area (Å²) in [5, 5.41) is 4.51. The molecular weight excluding hydrogens is 336 g/mol. The van der Waals surface area contributed by atoms with Gasteiger partial charge in [-0.3, -0.25) is 10.1 Å². The van der Waals surface area contributed by atoms with E-state index >= 15 is 0 Å². The van der Waals surface area contributed by atoms with E-state index in [1.54, 1.807) is 37.3 Å². The van der Waals surface area contributed by atoms with E-state index in [2.05, 4.69) is 10.6 Å². The molecule has 0 bridgehead atoms. The van der Waals surface area contributed by atoms with Crippen LogP contribution in [0.2, 0.25) is 0 Å². The van der Waals surface area contributed by atoms with E-state index in [1.807, 2.05) is 18.2 Å². The Bertz CT molecular complexity index is 777. The van der Waals surface area contributed by atoms with E-state index in [0.29, 0.717) is 18.0 Å². The van der Waals surface area contributed by atoms with Crippen LogP contribution in [-0.4, -0.2) is 30.6 Å². The third-order valence-electron chi connectivity index (χ3n) is 3.28. The first kappa shape index (κ1) is 19.0. The van der Waals surface area contributed by atoms with Crippen molar-refractivity contribution in [3.05, 3.63) is 60.2 Å². The highest BCUT2D eigenvalue weighted by molar-refractivity contribution is 5.98. The molecule has 0 aliphatic rings. The number of benzene rings is 2. The number of carbonyl (C=O) groups excluding carboxylic acids is 3. The molecule has 0 aliphatic heterocycles. The minimum absolute atomic E-state index is 0.232. The lowest BCUT2D eigenvalue weighted by atomic mass is 10.2. The Labute approximate surface area is 151 Å². The average molecular weight is 356 g/mol. The Morgan fingerprint density at radius 1 is 1.00 bits per heavy atom. The van der Waals surface area contributed by atoms with Crippen LogP contribution in [0.4, 0.5) is 4.79 Å². The molecule has 2 aromatic carbocycles. The van der Waals surface area contributed by atoms with E-state index in [-0.39, 0.29) is 5.56 Å². The number of ether oxygens (including phenoxy) is 2. The van der Waals surface area contributed by atoms with Gasteiger partial charge in [-0.1, -0.05) is 24.3 Å². The molecule has 0 unspecified atom stereocenters. The zero-order valence-corrected chi connectivity index (χ0v) is 14.5. The molecule has 0 saturated heterocycles. The van der Waals surface area contributed by atoms with Crippen molar-refractivity contribution >= 4 is 17.9 Å². The lowest BCUT2D eigenvalue weighted by Crippen LogP contribution is -2.44. The molecule has 26 heavy (non-hydrogen) atoms. The smallest absolute Gasteiger partial charge is 0.339 e. The number of hydrogen-bond acceptors (Lipinski definition) is 5. The van der Waals surface area contributed by atoms with Gasteiger partial charge in [0.15, 0.2) is 6.10 Å². The van der Waals surface area contributed by atoms with Gasteiger partial charge in [0.2, 0.25) is 0 Å². The molecule has 0 saturated carbocycles. The fourth-order valence-corrected chi connectivity index (χ4v) is 2.01. The van der Waals surface area contributed by atoms with Gasteiger partial charge < -0.3 is 14.8 Å². The standard InChI is InChI=1S/C19H20N2O5/c1-3-20-19(24)21-17(22)13(2)25-18(23)14-8-7-11-16(12-14)26-15-9-5-4-6-10-15/h4-13H,3H2,1-2H3,(H2,20,21,22,24)/t13-/m1/s1. The summed E-state index contributed by atoms with van der Waals surface area (Å²) in [6, 6.07) is 14.9. The summed E-state index contributed by atoms with van der Waals surface area (Å²) in [5.74, 6) is -0.305. The second-order valence-corrected chi connectivity index (χ2v) is 5.34. The zero-order chi connectivity index (χ0) is 18.9. The van der Waals surface area contributed by atoms with E-state index < -0.39 is 24.0 Å². The Hall–Kier alpha value is -3.35. The minimum atomic E-state index is -1.12. The highest BCUT2D eigenvalue weighted by Gasteiger charge is 2.20. The molecule has 0 heterocycles. The van der Waals surface area contributed by atoms with Gasteiger partial charge in [-0.25, -0.2) is 9.59 Å². The van der Waals surface area contributed by atoms with E-state index in [4.69, 9.17) is 9.47 Å². The van der Waals surface area contributed by atoms with E-state index in [9.17, 15) is 14.4 Å². The third-order valence-corrected chi connectivity index (χ3v) is 3.28. The van der Waals surface area contributed by atoms with E-state index in [1.165, 1.54) is 13.0 Å². The average Bonchev–Trinajstić information content (AvgIpc) is 2.62. The maximum atomic E-state index is 12.2. The van der Waals surface area contributed by atoms with Crippen LogP contribution in [0.5, 0.6) is 11.5 Å². The molecule has 0 spiro atoms. The van der Waals surface area contributed by atoms with Gasteiger partial charge in [-0.2, -0.15) is 0 Å². The number of esters is 1. The number of nitrogens with one attached hydrogen (secondary N) is 2. The van der Waals surface area contributed by atoms with Crippen LogP contribution >= 0.6 is 0 Å². The maximum absolute atomic E-state index is 12.2. The summed E-state index contributed by atoms with van der Waals surface area (Å²) in [7, 11) is 0. The van der Waals surface area contributed by atoms with Crippen LogP contribution < -0.4 is 15.4 Å². The fourth-order valence-electron chi connectivity index (χ4n) is 2.01. The van der Waals surface area contributed by atoms with Gasteiger partial charge >= 0.3 is 12.0 Å². The summed E-state index contributed by atoms with van der Waals surface area (Å²) in [6.45, 7) is 3.48. The first-order chi connectivity index (χ1) is 12.5. The summed E-state index contributed by atoms with van der Waals surface area (Å²) in [4.78, 5) is 35.4. The SMILES string of the molecule is CCNC(=O)NC(=O)[C@@H](C)OC(=O)c1cccc(Oc2ccccc2)c1. The lowest BCUT2D eigenvalue weighted by molar-refractivity contribution is -0.127. The molecule has 7 heteroatoms. The predicted octanol–water partition coefficient (Wildman–Crippen LogP) is 2.87. The number of rotatable bonds is 6. The van der Waals surface area contributed by atoms with Gasteiger partial charge in [0.25, 0.3) is 5.91 Å². The van der Waals surface area contributed by atoms with Crippen molar-refractivity contribution in [1.82, 2.24) is 10.6 Å². The van der Waals surface area contributed by atoms with Crippen molar-refractivity contribution in [3.63, 3.8) is 0 Å². The Balaban J connectivity index is 1.97. The van der Waals surface area contributed by atoms with Gasteiger partial charge in [0.1, 0.15) is 11.5 Å². The van der Waals surface area contributed by atoms with Crippen molar-refractivity contribution < 1.29 is 23.9 Å². The zero-order valence-electron chi connectivity index (χ0n) is 14.5. The second-order valence-electron chi connectivity index (χ2n) is 5.34. The predicted molar refractivity (Wildman–Crippen MR) is 95.1 cm³/mol. The van der Waals surface area contributed by atoms with E-state index in [0.717, 1.165) is 0 Å². The minimum Gasteiger partial charge on any atom is -0.457 e.